The van der Waals surface area contributed by atoms with Gasteiger partial charge in [0.25, 0.3) is 0 Å². The third-order valence-electron chi connectivity index (χ3n) is 3.02. The lowest BCUT2D eigenvalue weighted by atomic mass is 10.0. The van der Waals surface area contributed by atoms with Crippen LogP contribution in [0.3, 0.4) is 0 Å². The molecule has 1 aromatic carbocycles. The highest BCUT2D eigenvalue weighted by molar-refractivity contribution is 6.31. The summed E-state index contributed by atoms with van der Waals surface area (Å²) >= 11 is 6.19. The zero-order chi connectivity index (χ0) is 14.7. The van der Waals surface area contributed by atoms with Crippen LogP contribution in [-0.4, -0.2) is 17.2 Å². The number of carboxylic acids is 1. The quantitative estimate of drug-likeness (QED) is 0.879. The Bertz CT molecular complexity index is 467. The Morgan fingerprint density at radius 2 is 1.84 bits per heavy atom. The fourth-order valence-corrected chi connectivity index (χ4v) is 2.28. The summed E-state index contributed by atoms with van der Waals surface area (Å²) in [6.07, 6.45) is -0.847. The molecule has 0 spiro atoms. The zero-order valence-corrected chi connectivity index (χ0v) is 12.8. The van der Waals surface area contributed by atoms with Crippen LogP contribution in [0.4, 0.5) is 0 Å². The highest BCUT2D eigenvalue weighted by Gasteiger charge is 2.24. The number of aliphatic carboxylic acids is 1. The minimum atomic E-state index is -0.949. The number of rotatable bonds is 5. The minimum Gasteiger partial charge on any atom is -0.478 e. The topological polar surface area (TPSA) is 46.5 Å². The van der Waals surface area contributed by atoms with Gasteiger partial charge in [-0.2, -0.15) is 0 Å². The van der Waals surface area contributed by atoms with Crippen LogP contribution in [0.5, 0.6) is 5.75 Å². The highest BCUT2D eigenvalue weighted by Crippen LogP contribution is 2.32. The van der Waals surface area contributed by atoms with Crippen molar-refractivity contribution in [3.63, 3.8) is 0 Å². The Morgan fingerprint density at radius 3 is 2.26 bits per heavy atom. The van der Waals surface area contributed by atoms with Gasteiger partial charge in [0.2, 0.25) is 0 Å². The molecule has 1 rings (SSSR count). The fourth-order valence-electron chi connectivity index (χ4n) is 1.85. The molecule has 19 heavy (non-hydrogen) atoms. The largest absolute Gasteiger partial charge is 0.478 e. The third kappa shape index (κ3) is 3.87. The maximum atomic E-state index is 11.2. The Hall–Kier alpha value is -1.22. The SMILES string of the molecule is Cc1cc(Cl)c(C(C)C)cc1OC(C(=O)O)C(C)C. The molecular weight excluding hydrogens is 264 g/mol. The number of carbonyl (C=O) groups is 1. The summed E-state index contributed by atoms with van der Waals surface area (Å²) in [5.74, 6) is -0.197. The van der Waals surface area contributed by atoms with Crippen LogP contribution in [-0.2, 0) is 4.79 Å². The molecule has 106 valence electrons. The summed E-state index contributed by atoms with van der Waals surface area (Å²) in [6, 6.07) is 3.67. The van der Waals surface area contributed by atoms with Gasteiger partial charge in [-0.25, -0.2) is 4.79 Å². The number of hydrogen-bond acceptors (Lipinski definition) is 2. The molecule has 4 heteroatoms. The van der Waals surface area contributed by atoms with E-state index in [2.05, 4.69) is 0 Å². The standard InChI is InChI=1S/C15H21ClO3/c1-8(2)11-7-13(10(5)6-12(11)16)19-14(9(3)4)15(17)18/h6-9,14H,1-5H3,(H,17,18). The van der Waals surface area contributed by atoms with Gasteiger partial charge in [-0.1, -0.05) is 39.3 Å². The van der Waals surface area contributed by atoms with Crippen LogP contribution < -0.4 is 4.74 Å². The number of hydrogen-bond donors (Lipinski definition) is 1. The van der Waals surface area contributed by atoms with Crippen LogP contribution in [0, 0.1) is 12.8 Å². The number of carboxylic acid groups (broad SMARTS) is 1. The molecule has 3 nitrogen and oxygen atoms in total. The van der Waals surface area contributed by atoms with Crippen molar-refractivity contribution >= 4 is 17.6 Å². The molecule has 1 unspecified atom stereocenters. The van der Waals surface area contributed by atoms with Crippen LogP contribution in [0.15, 0.2) is 12.1 Å². The van der Waals surface area contributed by atoms with Gasteiger partial charge in [0.05, 0.1) is 0 Å². The Morgan fingerprint density at radius 1 is 1.26 bits per heavy atom. The van der Waals surface area contributed by atoms with E-state index in [0.29, 0.717) is 10.8 Å². The van der Waals surface area contributed by atoms with Crippen LogP contribution in [0.1, 0.15) is 44.7 Å². The molecule has 0 aromatic heterocycles. The minimum absolute atomic E-state index is 0.102. The fraction of sp³-hybridized carbons (Fsp3) is 0.533. The molecule has 0 saturated heterocycles. The zero-order valence-electron chi connectivity index (χ0n) is 12.0. The summed E-state index contributed by atoms with van der Waals surface area (Å²) in [5.41, 5.74) is 1.82. The molecule has 1 aromatic rings. The first-order chi connectivity index (χ1) is 8.73. The first kappa shape index (κ1) is 15.8. The van der Waals surface area contributed by atoms with Crippen molar-refractivity contribution in [3.8, 4) is 5.75 Å². The molecule has 1 N–H and O–H groups in total. The molecule has 0 heterocycles. The number of ether oxygens (including phenoxy) is 1. The van der Waals surface area contributed by atoms with Crippen LogP contribution >= 0.6 is 11.6 Å². The van der Waals surface area contributed by atoms with Gasteiger partial charge in [0.15, 0.2) is 6.10 Å². The van der Waals surface area contributed by atoms with Gasteiger partial charge < -0.3 is 9.84 Å². The van der Waals surface area contributed by atoms with Crippen molar-refractivity contribution < 1.29 is 14.6 Å². The van der Waals surface area contributed by atoms with Crippen molar-refractivity contribution in [1.29, 1.82) is 0 Å². The molecule has 0 bridgehead atoms. The lowest BCUT2D eigenvalue weighted by Gasteiger charge is -2.21. The number of benzene rings is 1. The highest BCUT2D eigenvalue weighted by atomic mass is 35.5. The van der Waals surface area contributed by atoms with E-state index in [-0.39, 0.29) is 11.8 Å². The Balaban J connectivity index is 3.13. The van der Waals surface area contributed by atoms with Gasteiger partial charge in [0.1, 0.15) is 5.75 Å². The predicted molar refractivity (Wildman–Crippen MR) is 77.2 cm³/mol. The lowest BCUT2D eigenvalue weighted by molar-refractivity contribution is -0.147. The Kier molecular flexibility index (Phi) is 5.24. The summed E-state index contributed by atoms with van der Waals surface area (Å²) in [6.45, 7) is 9.60. The van der Waals surface area contributed by atoms with Gasteiger partial charge in [-0.3, -0.25) is 0 Å². The summed E-state index contributed by atoms with van der Waals surface area (Å²) in [5, 5.41) is 9.87. The second-order valence-electron chi connectivity index (χ2n) is 5.41. The van der Waals surface area contributed by atoms with Crippen LogP contribution in [0.25, 0.3) is 0 Å². The average molecular weight is 285 g/mol. The molecule has 0 radical (unpaired) electrons. The molecular formula is C15H21ClO3. The lowest BCUT2D eigenvalue weighted by Crippen LogP contribution is -2.32. The van der Waals surface area contributed by atoms with E-state index in [4.69, 9.17) is 16.3 Å². The maximum absolute atomic E-state index is 11.2. The van der Waals surface area contributed by atoms with Gasteiger partial charge >= 0.3 is 5.97 Å². The van der Waals surface area contributed by atoms with E-state index in [0.717, 1.165) is 11.1 Å². The summed E-state index contributed by atoms with van der Waals surface area (Å²) < 4.78 is 5.66. The molecule has 0 amide bonds. The van der Waals surface area contributed by atoms with Crippen molar-refractivity contribution in [3.05, 3.63) is 28.3 Å². The molecule has 0 fully saturated rings. The smallest absolute Gasteiger partial charge is 0.345 e. The predicted octanol–water partition coefficient (Wildman–Crippen LogP) is 4.26. The third-order valence-corrected chi connectivity index (χ3v) is 3.35. The van der Waals surface area contributed by atoms with Crippen molar-refractivity contribution in [2.24, 2.45) is 5.92 Å². The van der Waals surface area contributed by atoms with Crippen molar-refractivity contribution in [2.45, 2.75) is 46.6 Å². The van der Waals surface area contributed by atoms with E-state index >= 15 is 0 Å². The molecule has 1 atom stereocenters. The summed E-state index contributed by atoms with van der Waals surface area (Å²) in [7, 11) is 0. The average Bonchev–Trinajstić information content (AvgIpc) is 2.26. The van der Waals surface area contributed by atoms with Gasteiger partial charge in [-0.15, -0.1) is 0 Å². The first-order valence-electron chi connectivity index (χ1n) is 6.43. The molecule has 0 saturated carbocycles. The number of aryl methyl sites for hydroxylation is 1. The summed E-state index contributed by atoms with van der Waals surface area (Å²) in [4.78, 5) is 11.2. The van der Waals surface area contributed by atoms with E-state index in [1.54, 1.807) is 0 Å². The van der Waals surface area contributed by atoms with E-state index in [1.165, 1.54) is 0 Å². The first-order valence-corrected chi connectivity index (χ1v) is 6.81. The normalized spacial score (nSPS) is 12.8. The van der Waals surface area contributed by atoms with Crippen molar-refractivity contribution in [2.75, 3.05) is 0 Å². The van der Waals surface area contributed by atoms with Gasteiger partial charge in [-0.05, 0) is 36.1 Å². The number of halogens is 1. The maximum Gasteiger partial charge on any atom is 0.345 e. The second-order valence-corrected chi connectivity index (χ2v) is 5.82. The molecule has 0 aliphatic rings. The van der Waals surface area contributed by atoms with Gasteiger partial charge in [0, 0.05) is 10.9 Å². The van der Waals surface area contributed by atoms with E-state index in [1.807, 2.05) is 46.8 Å². The van der Waals surface area contributed by atoms with E-state index < -0.39 is 12.1 Å². The second kappa shape index (κ2) is 6.29. The van der Waals surface area contributed by atoms with E-state index in [9.17, 15) is 9.90 Å². The Labute approximate surface area is 119 Å². The van der Waals surface area contributed by atoms with Crippen molar-refractivity contribution in [1.82, 2.24) is 0 Å². The molecule has 0 aliphatic carbocycles. The molecule has 0 aliphatic heterocycles. The monoisotopic (exact) mass is 284 g/mol. The van der Waals surface area contributed by atoms with Crippen LogP contribution in [0.2, 0.25) is 5.02 Å².